The summed E-state index contributed by atoms with van der Waals surface area (Å²) in [7, 11) is 1.26. The second-order valence-electron chi connectivity index (χ2n) is 4.87. The van der Waals surface area contributed by atoms with Crippen LogP contribution in [0.15, 0.2) is 36.4 Å². The first-order valence-electron chi connectivity index (χ1n) is 6.86. The van der Waals surface area contributed by atoms with Crippen molar-refractivity contribution >= 4 is 18.1 Å². The molecule has 0 aliphatic rings. The molecule has 0 saturated heterocycles. The minimum absolute atomic E-state index is 0.0457. The molecule has 2 N–H and O–H groups in total. The van der Waals surface area contributed by atoms with Crippen LogP contribution in [0.25, 0.3) is 6.08 Å². The summed E-state index contributed by atoms with van der Waals surface area (Å²) in [5.41, 5.74) is 0.533. The first-order chi connectivity index (χ1) is 11.0. The highest BCUT2D eigenvalue weighted by molar-refractivity contribution is 6.12. The Hall–Kier alpha value is -3.08. The molecule has 0 unspecified atom stereocenters. The average molecular weight is 312 g/mol. The van der Waals surface area contributed by atoms with Gasteiger partial charge in [0.2, 0.25) is 0 Å². The second-order valence-corrected chi connectivity index (χ2v) is 4.87. The van der Waals surface area contributed by atoms with Gasteiger partial charge >= 0.3 is 0 Å². The molecule has 0 bridgehead atoms. The minimum Gasteiger partial charge on any atom is -0.507 e. The van der Waals surface area contributed by atoms with Crippen LogP contribution in [-0.4, -0.2) is 29.4 Å². The van der Waals surface area contributed by atoms with Gasteiger partial charge in [0.25, 0.3) is 0 Å². The van der Waals surface area contributed by atoms with Crippen LogP contribution in [-0.2, 0) is 0 Å². The van der Waals surface area contributed by atoms with Gasteiger partial charge in [-0.1, -0.05) is 36.4 Å². The number of hydrogen-bond donors (Lipinski definition) is 2. The fourth-order valence-corrected chi connectivity index (χ4v) is 2.22. The predicted octanol–water partition coefficient (Wildman–Crippen LogP) is 3.12. The van der Waals surface area contributed by atoms with Crippen molar-refractivity contribution < 1.29 is 24.5 Å². The Balaban J connectivity index is 2.54. The third-order valence-electron chi connectivity index (χ3n) is 3.47. The predicted molar refractivity (Wildman–Crippen MR) is 86.3 cm³/mol. The van der Waals surface area contributed by atoms with Crippen LogP contribution in [0, 0.1) is 6.92 Å². The van der Waals surface area contributed by atoms with Crippen LogP contribution >= 0.6 is 0 Å². The van der Waals surface area contributed by atoms with Crippen molar-refractivity contribution in [3.63, 3.8) is 0 Å². The highest BCUT2D eigenvalue weighted by Crippen LogP contribution is 2.41. The van der Waals surface area contributed by atoms with Gasteiger partial charge in [-0.15, -0.1) is 0 Å². The quantitative estimate of drug-likeness (QED) is 0.503. The number of hydrogen-bond acceptors (Lipinski definition) is 5. The van der Waals surface area contributed by atoms with Crippen molar-refractivity contribution in [1.29, 1.82) is 0 Å². The lowest BCUT2D eigenvalue weighted by molar-refractivity contribution is 0.104. The molecule has 2 rings (SSSR count). The highest BCUT2D eigenvalue weighted by atomic mass is 16.5. The van der Waals surface area contributed by atoms with E-state index in [1.807, 2.05) is 30.3 Å². The van der Waals surface area contributed by atoms with E-state index in [2.05, 4.69) is 0 Å². The van der Waals surface area contributed by atoms with E-state index in [1.165, 1.54) is 20.1 Å². The van der Waals surface area contributed by atoms with E-state index >= 15 is 0 Å². The SMILES string of the molecule is COc1c(C=O)c(O)c(C)c(O)c1C(=O)C=Cc1ccccc1. The zero-order valence-electron chi connectivity index (χ0n) is 12.7. The normalized spacial score (nSPS) is 10.7. The first-order valence-corrected chi connectivity index (χ1v) is 6.86. The van der Waals surface area contributed by atoms with Gasteiger partial charge < -0.3 is 14.9 Å². The van der Waals surface area contributed by atoms with Gasteiger partial charge in [0.1, 0.15) is 22.8 Å². The summed E-state index contributed by atoms with van der Waals surface area (Å²) in [5, 5.41) is 20.1. The fourth-order valence-electron chi connectivity index (χ4n) is 2.22. The smallest absolute Gasteiger partial charge is 0.193 e. The molecule has 0 fully saturated rings. The van der Waals surface area contributed by atoms with Gasteiger partial charge in [-0.2, -0.15) is 0 Å². The Morgan fingerprint density at radius 2 is 1.78 bits per heavy atom. The van der Waals surface area contributed by atoms with Gasteiger partial charge in [0.05, 0.1) is 12.7 Å². The highest BCUT2D eigenvalue weighted by Gasteiger charge is 2.25. The van der Waals surface area contributed by atoms with E-state index in [9.17, 15) is 19.8 Å². The van der Waals surface area contributed by atoms with Crippen molar-refractivity contribution in [3.8, 4) is 17.2 Å². The number of allylic oxidation sites excluding steroid dienone is 1. The monoisotopic (exact) mass is 312 g/mol. The van der Waals surface area contributed by atoms with Crippen LogP contribution in [0.1, 0.15) is 31.8 Å². The summed E-state index contributed by atoms with van der Waals surface area (Å²) in [6, 6.07) is 9.15. The number of aromatic hydroxyl groups is 2. The maximum atomic E-state index is 12.4. The third kappa shape index (κ3) is 3.08. The number of phenolic OH excluding ortho intramolecular Hbond substituents is 2. The maximum Gasteiger partial charge on any atom is 0.193 e. The molecular weight excluding hydrogens is 296 g/mol. The molecule has 0 heterocycles. The summed E-state index contributed by atoms with van der Waals surface area (Å²) in [5.74, 6) is -1.50. The topological polar surface area (TPSA) is 83.8 Å². The summed E-state index contributed by atoms with van der Waals surface area (Å²) >= 11 is 0. The van der Waals surface area contributed by atoms with Crippen LogP contribution in [0.4, 0.5) is 0 Å². The maximum absolute atomic E-state index is 12.4. The van der Waals surface area contributed by atoms with Gasteiger partial charge in [-0.25, -0.2) is 0 Å². The summed E-state index contributed by atoms with van der Waals surface area (Å²) in [6.45, 7) is 1.41. The molecule has 0 aliphatic heterocycles. The number of ketones is 1. The molecule has 5 heteroatoms. The lowest BCUT2D eigenvalue weighted by atomic mass is 9.98. The molecule has 0 amide bonds. The van der Waals surface area contributed by atoms with Crippen LogP contribution < -0.4 is 4.74 Å². The molecular formula is C18H16O5. The van der Waals surface area contributed by atoms with E-state index in [0.29, 0.717) is 6.29 Å². The Bertz CT molecular complexity index is 776. The molecule has 2 aromatic rings. The van der Waals surface area contributed by atoms with Gasteiger partial charge in [-0.3, -0.25) is 9.59 Å². The Kier molecular flexibility index (Phi) is 4.81. The van der Waals surface area contributed by atoms with Gasteiger partial charge in [-0.05, 0) is 18.6 Å². The van der Waals surface area contributed by atoms with Crippen molar-refractivity contribution in [1.82, 2.24) is 0 Å². The molecule has 0 radical (unpaired) electrons. The lowest BCUT2D eigenvalue weighted by Gasteiger charge is -2.14. The Morgan fingerprint density at radius 3 is 2.35 bits per heavy atom. The summed E-state index contributed by atoms with van der Waals surface area (Å²) < 4.78 is 5.05. The largest absolute Gasteiger partial charge is 0.507 e. The molecule has 118 valence electrons. The second kappa shape index (κ2) is 6.79. The van der Waals surface area contributed by atoms with E-state index < -0.39 is 17.3 Å². The molecule has 0 atom stereocenters. The van der Waals surface area contributed by atoms with E-state index in [0.717, 1.165) is 5.56 Å². The molecule has 23 heavy (non-hydrogen) atoms. The summed E-state index contributed by atoms with van der Waals surface area (Å²) in [6.07, 6.45) is 3.25. The van der Waals surface area contributed by atoms with Crippen molar-refractivity contribution in [3.05, 3.63) is 58.7 Å². The van der Waals surface area contributed by atoms with Crippen molar-refractivity contribution in [2.24, 2.45) is 0 Å². The molecule has 0 spiro atoms. The van der Waals surface area contributed by atoms with E-state index in [1.54, 1.807) is 6.08 Å². The zero-order valence-corrected chi connectivity index (χ0v) is 12.7. The van der Waals surface area contributed by atoms with Crippen LogP contribution in [0.5, 0.6) is 17.2 Å². The zero-order chi connectivity index (χ0) is 17.0. The van der Waals surface area contributed by atoms with Gasteiger partial charge in [0, 0.05) is 5.56 Å². The first kappa shape index (κ1) is 16.3. The van der Waals surface area contributed by atoms with Crippen molar-refractivity contribution in [2.75, 3.05) is 7.11 Å². The standard InChI is InChI=1S/C18H16O5/c1-11-16(21)13(10-19)18(23-2)15(17(11)22)14(20)9-8-12-6-4-3-5-7-12/h3-10,21-22H,1-2H3. The van der Waals surface area contributed by atoms with E-state index in [-0.39, 0.29) is 22.4 Å². The van der Waals surface area contributed by atoms with E-state index in [4.69, 9.17) is 4.74 Å². The Labute approximate surface area is 133 Å². The molecule has 0 saturated carbocycles. The summed E-state index contributed by atoms with van der Waals surface area (Å²) in [4.78, 5) is 23.6. The van der Waals surface area contributed by atoms with Crippen LogP contribution in [0.3, 0.4) is 0 Å². The molecule has 0 aromatic heterocycles. The number of carbonyl (C=O) groups excluding carboxylic acids is 2. The number of benzene rings is 2. The molecule has 2 aromatic carbocycles. The fraction of sp³-hybridized carbons (Fsp3) is 0.111. The Morgan fingerprint density at radius 1 is 1.13 bits per heavy atom. The molecule has 5 nitrogen and oxygen atoms in total. The molecule has 0 aliphatic carbocycles. The number of ether oxygens (including phenoxy) is 1. The van der Waals surface area contributed by atoms with Gasteiger partial charge in [0.15, 0.2) is 12.1 Å². The van der Waals surface area contributed by atoms with Crippen molar-refractivity contribution in [2.45, 2.75) is 6.92 Å². The third-order valence-corrected chi connectivity index (χ3v) is 3.47. The van der Waals surface area contributed by atoms with Crippen LogP contribution in [0.2, 0.25) is 0 Å². The number of methoxy groups -OCH3 is 1. The number of aldehydes is 1. The number of rotatable bonds is 5. The average Bonchev–Trinajstić information content (AvgIpc) is 2.58. The number of phenols is 2. The number of carbonyl (C=O) groups is 2. The lowest BCUT2D eigenvalue weighted by Crippen LogP contribution is -2.05. The minimum atomic E-state index is -0.533.